The van der Waals surface area contributed by atoms with Crippen molar-refractivity contribution in [1.29, 1.82) is 0 Å². The largest absolute Gasteiger partial charge is 0.496 e. The molecule has 0 atom stereocenters. The van der Waals surface area contributed by atoms with Crippen LogP contribution in [-0.4, -0.2) is 48.1 Å². The van der Waals surface area contributed by atoms with Gasteiger partial charge in [0, 0.05) is 13.7 Å². The van der Waals surface area contributed by atoms with Crippen LogP contribution in [0.25, 0.3) is 10.9 Å². The minimum atomic E-state index is -0.230. The van der Waals surface area contributed by atoms with E-state index in [9.17, 15) is 9.59 Å². The van der Waals surface area contributed by atoms with Crippen molar-refractivity contribution in [2.45, 2.75) is 6.54 Å². The molecular weight excluding hydrogens is 346 g/mol. The van der Waals surface area contributed by atoms with Crippen molar-refractivity contribution in [3.63, 3.8) is 0 Å². The average Bonchev–Trinajstić information content (AvgIpc) is 2.70. The third kappa shape index (κ3) is 4.15. The van der Waals surface area contributed by atoms with Gasteiger partial charge < -0.3 is 19.4 Å². The number of hydrogen-bond donors (Lipinski definition) is 1. The molecular formula is C20H21N3O4. The first-order chi connectivity index (χ1) is 13.1. The number of carbonyl (C=O) groups is 1. The van der Waals surface area contributed by atoms with Gasteiger partial charge in [-0.2, -0.15) is 0 Å². The molecule has 0 radical (unpaired) electrons. The van der Waals surface area contributed by atoms with Crippen LogP contribution in [0.1, 0.15) is 16.2 Å². The van der Waals surface area contributed by atoms with Gasteiger partial charge in [-0.3, -0.25) is 9.59 Å². The van der Waals surface area contributed by atoms with E-state index in [1.54, 1.807) is 54.5 Å². The van der Waals surface area contributed by atoms with Crippen molar-refractivity contribution in [2.75, 3.05) is 27.4 Å². The van der Waals surface area contributed by atoms with Gasteiger partial charge in [-0.15, -0.1) is 0 Å². The Morgan fingerprint density at radius 2 is 1.85 bits per heavy atom. The average molecular weight is 367 g/mol. The Bertz CT molecular complexity index is 1000. The number of para-hydroxylation sites is 2. The molecule has 2 aromatic carbocycles. The number of amides is 1. The van der Waals surface area contributed by atoms with E-state index in [1.165, 1.54) is 7.11 Å². The van der Waals surface area contributed by atoms with E-state index < -0.39 is 0 Å². The number of aromatic amines is 1. The highest BCUT2D eigenvalue weighted by atomic mass is 16.5. The molecule has 0 aliphatic heterocycles. The molecule has 1 aromatic heterocycles. The van der Waals surface area contributed by atoms with Crippen LogP contribution >= 0.6 is 0 Å². The number of rotatable bonds is 7. The molecule has 0 spiro atoms. The smallest absolute Gasteiger partial charge is 0.258 e. The summed E-state index contributed by atoms with van der Waals surface area (Å²) in [6.07, 6.45) is 0. The Morgan fingerprint density at radius 1 is 1.11 bits per heavy atom. The first-order valence-electron chi connectivity index (χ1n) is 8.53. The fourth-order valence-corrected chi connectivity index (χ4v) is 2.84. The molecule has 0 unspecified atom stereocenters. The van der Waals surface area contributed by atoms with Crippen LogP contribution in [0.3, 0.4) is 0 Å². The Hall–Kier alpha value is -3.19. The zero-order valence-corrected chi connectivity index (χ0v) is 15.3. The summed E-state index contributed by atoms with van der Waals surface area (Å²) in [5.74, 6) is 0.684. The van der Waals surface area contributed by atoms with E-state index in [-0.39, 0.29) is 18.0 Å². The number of aromatic nitrogens is 2. The topological polar surface area (TPSA) is 84.5 Å². The molecule has 1 amide bonds. The van der Waals surface area contributed by atoms with Crippen molar-refractivity contribution < 1.29 is 14.3 Å². The second-order valence-corrected chi connectivity index (χ2v) is 5.95. The van der Waals surface area contributed by atoms with Gasteiger partial charge in [-0.25, -0.2) is 4.98 Å². The number of benzene rings is 2. The number of fused-ring (bicyclic) bond motifs is 1. The van der Waals surface area contributed by atoms with Gasteiger partial charge in [-0.1, -0.05) is 24.3 Å². The van der Waals surface area contributed by atoms with Crippen molar-refractivity contribution in [2.24, 2.45) is 0 Å². The fraction of sp³-hybridized carbons (Fsp3) is 0.250. The van der Waals surface area contributed by atoms with Gasteiger partial charge in [0.2, 0.25) is 0 Å². The monoisotopic (exact) mass is 367 g/mol. The predicted molar refractivity (Wildman–Crippen MR) is 102 cm³/mol. The highest BCUT2D eigenvalue weighted by Gasteiger charge is 2.20. The minimum absolute atomic E-state index is 0.153. The van der Waals surface area contributed by atoms with Gasteiger partial charge in [0.15, 0.2) is 0 Å². The molecule has 7 nitrogen and oxygen atoms in total. The molecule has 27 heavy (non-hydrogen) atoms. The van der Waals surface area contributed by atoms with E-state index in [1.807, 2.05) is 6.07 Å². The van der Waals surface area contributed by atoms with Crippen molar-refractivity contribution in [3.05, 3.63) is 70.3 Å². The van der Waals surface area contributed by atoms with Gasteiger partial charge in [-0.05, 0) is 24.3 Å². The Kier molecular flexibility index (Phi) is 5.83. The minimum Gasteiger partial charge on any atom is -0.496 e. The molecule has 7 heteroatoms. The zero-order valence-electron chi connectivity index (χ0n) is 15.3. The Balaban J connectivity index is 1.93. The molecule has 0 bridgehead atoms. The number of methoxy groups -OCH3 is 2. The highest BCUT2D eigenvalue weighted by molar-refractivity contribution is 5.96. The standard InChI is InChI=1S/C20H21N3O4/c1-26-12-11-23(20(25)15-8-4-6-10-17(15)27-2)13-18-21-16-9-5-3-7-14(16)19(24)22-18/h3-10H,11-13H2,1-2H3,(H,21,22,24). The van der Waals surface area contributed by atoms with Gasteiger partial charge in [0.25, 0.3) is 11.5 Å². The molecule has 1 N–H and O–H groups in total. The quantitative estimate of drug-likeness (QED) is 0.692. The third-order valence-corrected chi connectivity index (χ3v) is 4.19. The lowest BCUT2D eigenvalue weighted by Crippen LogP contribution is -2.35. The van der Waals surface area contributed by atoms with Crippen molar-refractivity contribution in [3.8, 4) is 5.75 Å². The summed E-state index contributed by atoms with van der Waals surface area (Å²) in [5, 5.41) is 0.515. The van der Waals surface area contributed by atoms with Gasteiger partial charge in [0.05, 0.1) is 36.7 Å². The first-order valence-corrected chi connectivity index (χ1v) is 8.53. The molecule has 1 heterocycles. The molecule has 0 fully saturated rings. The van der Waals surface area contributed by atoms with E-state index in [2.05, 4.69) is 9.97 Å². The van der Waals surface area contributed by atoms with Crippen LogP contribution in [0.4, 0.5) is 0 Å². The highest BCUT2D eigenvalue weighted by Crippen LogP contribution is 2.20. The number of ether oxygens (including phenoxy) is 2. The summed E-state index contributed by atoms with van der Waals surface area (Å²) in [5.41, 5.74) is 0.805. The Labute approximate surface area is 156 Å². The zero-order chi connectivity index (χ0) is 19.2. The lowest BCUT2D eigenvalue weighted by Gasteiger charge is -2.23. The van der Waals surface area contributed by atoms with Crippen molar-refractivity contribution >= 4 is 16.8 Å². The number of hydrogen-bond acceptors (Lipinski definition) is 5. The van der Waals surface area contributed by atoms with Crippen LogP contribution in [0.15, 0.2) is 53.3 Å². The lowest BCUT2D eigenvalue weighted by molar-refractivity contribution is 0.0672. The van der Waals surface area contributed by atoms with Crippen LogP contribution in [0, 0.1) is 0 Å². The van der Waals surface area contributed by atoms with Gasteiger partial charge in [0.1, 0.15) is 11.6 Å². The number of H-pyrrole nitrogens is 1. The van der Waals surface area contributed by atoms with E-state index in [0.717, 1.165) is 0 Å². The van der Waals surface area contributed by atoms with Crippen LogP contribution in [0.5, 0.6) is 5.75 Å². The fourth-order valence-electron chi connectivity index (χ4n) is 2.84. The normalized spacial score (nSPS) is 10.7. The maximum absolute atomic E-state index is 13.1. The molecule has 3 rings (SSSR count). The molecule has 0 aliphatic carbocycles. The second kappa shape index (κ2) is 8.46. The molecule has 3 aromatic rings. The van der Waals surface area contributed by atoms with Gasteiger partial charge >= 0.3 is 0 Å². The summed E-state index contributed by atoms with van der Waals surface area (Å²) in [6, 6.07) is 14.1. The van der Waals surface area contributed by atoms with E-state index in [0.29, 0.717) is 41.2 Å². The number of nitrogens with zero attached hydrogens (tertiary/aromatic N) is 2. The summed E-state index contributed by atoms with van der Waals surface area (Å²) in [4.78, 5) is 34.2. The molecule has 0 saturated heterocycles. The van der Waals surface area contributed by atoms with Crippen LogP contribution in [0.2, 0.25) is 0 Å². The maximum atomic E-state index is 13.1. The van der Waals surface area contributed by atoms with E-state index in [4.69, 9.17) is 9.47 Å². The van der Waals surface area contributed by atoms with Crippen molar-refractivity contribution in [1.82, 2.24) is 14.9 Å². The Morgan fingerprint density at radius 3 is 2.63 bits per heavy atom. The predicted octanol–water partition coefficient (Wildman–Crippen LogP) is 2.22. The first kappa shape index (κ1) is 18.6. The van der Waals surface area contributed by atoms with Crippen LogP contribution in [-0.2, 0) is 11.3 Å². The summed E-state index contributed by atoms with van der Waals surface area (Å²) in [6.45, 7) is 0.864. The van der Waals surface area contributed by atoms with E-state index >= 15 is 0 Å². The summed E-state index contributed by atoms with van der Waals surface area (Å²) in [7, 11) is 3.09. The molecule has 0 aliphatic rings. The molecule has 140 valence electrons. The SMILES string of the molecule is COCCN(Cc1nc2ccccc2c(=O)[nH]1)C(=O)c1ccccc1OC. The molecule has 0 saturated carbocycles. The summed E-state index contributed by atoms with van der Waals surface area (Å²) < 4.78 is 10.4. The lowest BCUT2D eigenvalue weighted by atomic mass is 10.1. The second-order valence-electron chi connectivity index (χ2n) is 5.95. The third-order valence-electron chi connectivity index (χ3n) is 4.19. The van der Waals surface area contributed by atoms with Crippen LogP contribution < -0.4 is 10.3 Å². The maximum Gasteiger partial charge on any atom is 0.258 e. The number of nitrogens with one attached hydrogen (secondary N) is 1. The number of carbonyl (C=O) groups excluding carboxylic acids is 1. The summed E-state index contributed by atoms with van der Waals surface area (Å²) >= 11 is 0.